The van der Waals surface area contributed by atoms with Gasteiger partial charge in [-0.25, -0.2) is 0 Å². The van der Waals surface area contributed by atoms with Crippen LogP contribution in [0, 0.1) is 10.1 Å². The molecule has 1 unspecified atom stereocenters. The van der Waals surface area contributed by atoms with Crippen molar-refractivity contribution in [3.63, 3.8) is 0 Å². The van der Waals surface area contributed by atoms with Gasteiger partial charge in [-0.15, -0.1) is 0 Å². The van der Waals surface area contributed by atoms with E-state index in [4.69, 9.17) is 0 Å². The fourth-order valence-corrected chi connectivity index (χ4v) is 2.64. The SMILES string of the molecule is O=C(NC1CCCNC1)c1cc([N+](=O)[O-])cn1C1CC1. The standard InChI is InChI=1S/C13H18N4O3/c18-13(15-9-2-1-5-14-7-9)12-6-11(17(19)20)8-16(12)10-3-4-10/h6,8-10,14H,1-5,7H2,(H,15,18). The molecular weight excluding hydrogens is 260 g/mol. The Morgan fingerprint density at radius 1 is 1.45 bits per heavy atom. The molecule has 1 saturated heterocycles. The quantitative estimate of drug-likeness (QED) is 0.640. The van der Waals surface area contributed by atoms with Crippen molar-refractivity contribution in [2.45, 2.75) is 37.8 Å². The largest absolute Gasteiger partial charge is 0.347 e. The first-order chi connectivity index (χ1) is 9.65. The summed E-state index contributed by atoms with van der Waals surface area (Å²) in [6.45, 7) is 1.74. The van der Waals surface area contributed by atoms with Gasteiger partial charge in [-0.1, -0.05) is 0 Å². The molecule has 1 amide bonds. The molecule has 1 aliphatic heterocycles. The summed E-state index contributed by atoms with van der Waals surface area (Å²) in [6, 6.07) is 1.73. The van der Waals surface area contributed by atoms with Gasteiger partial charge in [0.15, 0.2) is 0 Å². The smallest absolute Gasteiger partial charge is 0.287 e. The molecule has 1 atom stereocenters. The lowest BCUT2D eigenvalue weighted by atomic mass is 10.1. The van der Waals surface area contributed by atoms with Gasteiger partial charge in [0, 0.05) is 24.7 Å². The minimum Gasteiger partial charge on any atom is -0.347 e. The van der Waals surface area contributed by atoms with Gasteiger partial charge in [0.25, 0.3) is 11.6 Å². The maximum Gasteiger partial charge on any atom is 0.287 e. The normalized spacial score (nSPS) is 22.5. The van der Waals surface area contributed by atoms with Crippen LogP contribution in [-0.4, -0.2) is 34.5 Å². The van der Waals surface area contributed by atoms with Crippen molar-refractivity contribution < 1.29 is 9.72 Å². The van der Waals surface area contributed by atoms with Crippen LogP contribution in [0.4, 0.5) is 5.69 Å². The van der Waals surface area contributed by atoms with Crippen LogP contribution in [0.5, 0.6) is 0 Å². The van der Waals surface area contributed by atoms with E-state index in [2.05, 4.69) is 10.6 Å². The van der Waals surface area contributed by atoms with E-state index >= 15 is 0 Å². The van der Waals surface area contributed by atoms with E-state index < -0.39 is 4.92 Å². The number of carbonyl (C=O) groups is 1. The Labute approximate surface area is 116 Å². The van der Waals surface area contributed by atoms with Crippen LogP contribution in [0.3, 0.4) is 0 Å². The third kappa shape index (κ3) is 2.67. The first-order valence-electron chi connectivity index (χ1n) is 7.03. The summed E-state index contributed by atoms with van der Waals surface area (Å²) in [7, 11) is 0. The van der Waals surface area contributed by atoms with Crippen LogP contribution in [0.2, 0.25) is 0 Å². The van der Waals surface area contributed by atoms with Crippen LogP contribution in [0.15, 0.2) is 12.3 Å². The predicted molar refractivity (Wildman–Crippen MR) is 72.7 cm³/mol. The maximum atomic E-state index is 12.3. The van der Waals surface area contributed by atoms with E-state index in [0.717, 1.165) is 38.8 Å². The van der Waals surface area contributed by atoms with E-state index in [1.807, 2.05) is 0 Å². The molecule has 20 heavy (non-hydrogen) atoms. The van der Waals surface area contributed by atoms with Crippen LogP contribution < -0.4 is 10.6 Å². The molecule has 108 valence electrons. The third-order valence-corrected chi connectivity index (χ3v) is 3.85. The third-order valence-electron chi connectivity index (χ3n) is 3.85. The number of hydrogen-bond acceptors (Lipinski definition) is 4. The number of aromatic nitrogens is 1. The number of nitro groups is 1. The Balaban J connectivity index is 1.77. The Morgan fingerprint density at radius 2 is 2.25 bits per heavy atom. The van der Waals surface area contributed by atoms with Gasteiger partial charge in [-0.05, 0) is 32.2 Å². The first-order valence-corrected chi connectivity index (χ1v) is 7.03. The molecule has 0 radical (unpaired) electrons. The molecule has 7 heteroatoms. The van der Waals surface area contributed by atoms with Crippen molar-refractivity contribution in [2.24, 2.45) is 0 Å². The van der Waals surface area contributed by atoms with Crippen LogP contribution >= 0.6 is 0 Å². The molecule has 0 bridgehead atoms. The highest BCUT2D eigenvalue weighted by Crippen LogP contribution is 2.37. The fraction of sp³-hybridized carbons (Fsp3) is 0.615. The molecule has 3 rings (SSSR count). The summed E-state index contributed by atoms with van der Waals surface area (Å²) in [5.74, 6) is -0.210. The monoisotopic (exact) mass is 278 g/mol. The van der Waals surface area contributed by atoms with Crippen molar-refractivity contribution in [1.29, 1.82) is 0 Å². The van der Waals surface area contributed by atoms with Gasteiger partial charge in [0.1, 0.15) is 5.69 Å². The molecule has 2 heterocycles. The second-order valence-electron chi connectivity index (χ2n) is 5.50. The Morgan fingerprint density at radius 3 is 2.85 bits per heavy atom. The summed E-state index contributed by atoms with van der Waals surface area (Å²) in [4.78, 5) is 22.7. The Bertz CT molecular complexity index is 530. The molecule has 1 aliphatic carbocycles. The molecular formula is C13H18N4O3. The highest BCUT2D eigenvalue weighted by Gasteiger charge is 2.31. The molecule has 1 aromatic heterocycles. The molecule has 7 nitrogen and oxygen atoms in total. The van der Waals surface area contributed by atoms with E-state index in [9.17, 15) is 14.9 Å². The van der Waals surface area contributed by atoms with Crippen molar-refractivity contribution >= 4 is 11.6 Å². The van der Waals surface area contributed by atoms with Gasteiger partial charge in [0.05, 0.1) is 11.1 Å². The number of carbonyl (C=O) groups excluding carboxylic acids is 1. The zero-order valence-corrected chi connectivity index (χ0v) is 11.2. The summed E-state index contributed by atoms with van der Waals surface area (Å²) < 4.78 is 1.75. The summed E-state index contributed by atoms with van der Waals surface area (Å²) in [5.41, 5.74) is 0.397. The maximum absolute atomic E-state index is 12.3. The average Bonchev–Trinajstić information content (AvgIpc) is 3.18. The van der Waals surface area contributed by atoms with E-state index in [1.165, 1.54) is 12.3 Å². The van der Waals surface area contributed by atoms with E-state index in [0.29, 0.717) is 5.69 Å². The molecule has 2 fully saturated rings. The van der Waals surface area contributed by atoms with E-state index in [1.54, 1.807) is 4.57 Å². The van der Waals surface area contributed by atoms with Crippen molar-refractivity contribution in [3.8, 4) is 0 Å². The zero-order chi connectivity index (χ0) is 14.1. The number of nitrogens with zero attached hydrogens (tertiary/aromatic N) is 2. The minimum atomic E-state index is -0.447. The second-order valence-corrected chi connectivity index (χ2v) is 5.50. The topological polar surface area (TPSA) is 89.2 Å². The molecule has 0 aromatic carbocycles. The highest BCUT2D eigenvalue weighted by molar-refractivity contribution is 5.93. The number of amides is 1. The lowest BCUT2D eigenvalue weighted by Crippen LogP contribution is -2.46. The molecule has 1 saturated carbocycles. The second kappa shape index (κ2) is 5.24. The summed E-state index contributed by atoms with van der Waals surface area (Å²) in [5, 5.41) is 17.1. The van der Waals surface area contributed by atoms with Gasteiger partial charge < -0.3 is 15.2 Å². The number of rotatable bonds is 4. The molecule has 2 aliphatic rings. The van der Waals surface area contributed by atoms with Gasteiger partial charge in [-0.2, -0.15) is 0 Å². The van der Waals surface area contributed by atoms with Gasteiger partial charge in [-0.3, -0.25) is 14.9 Å². The first kappa shape index (κ1) is 13.1. The lowest BCUT2D eigenvalue weighted by molar-refractivity contribution is -0.384. The fourth-order valence-electron chi connectivity index (χ4n) is 2.64. The van der Waals surface area contributed by atoms with Crippen LogP contribution in [0.1, 0.15) is 42.2 Å². The predicted octanol–water partition coefficient (Wildman–Crippen LogP) is 1.21. The number of nitrogens with one attached hydrogen (secondary N) is 2. The van der Waals surface area contributed by atoms with Crippen molar-refractivity contribution in [1.82, 2.24) is 15.2 Å². The minimum absolute atomic E-state index is 0.0104. The molecule has 2 N–H and O–H groups in total. The average molecular weight is 278 g/mol. The highest BCUT2D eigenvalue weighted by atomic mass is 16.6. The van der Waals surface area contributed by atoms with Gasteiger partial charge >= 0.3 is 0 Å². The lowest BCUT2D eigenvalue weighted by Gasteiger charge is -2.23. The van der Waals surface area contributed by atoms with Crippen LogP contribution in [-0.2, 0) is 0 Å². The summed E-state index contributed by atoms with van der Waals surface area (Å²) in [6.07, 6.45) is 5.43. The summed E-state index contributed by atoms with van der Waals surface area (Å²) >= 11 is 0. The van der Waals surface area contributed by atoms with Gasteiger partial charge in [0.2, 0.25) is 0 Å². The zero-order valence-electron chi connectivity index (χ0n) is 11.2. The van der Waals surface area contributed by atoms with Crippen molar-refractivity contribution in [2.75, 3.05) is 13.1 Å². The Kier molecular flexibility index (Phi) is 3.43. The Hall–Kier alpha value is -1.89. The number of hydrogen-bond donors (Lipinski definition) is 2. The number of piperidine rings is 1. The molecule has 1 aromatic rings. The van der Waals surface area contributed by atoms with E-state index in [-0.39, 0.29) is 23.7 Å². The van der Waals surface area contributed by atoms with Crippen molar-refractivity contribution in [3.05, 3.63) is 28.1 Å². The van der Waals surface area contributed by atoms with Crippen LogP contribution in [0.25, 0.3) is 0 Å². The molecule has 0 spiro atoms.